The van der Waals surface area contributed by atoms with Gasteiger partial charge in [0.15, 0.2) is 0 Å². The molecule has 1 unspecified atom stereocenters. The van der Waals surface area contributed by atoms with E-state index in [9.17, 15) is 26.4 Å². The van der Waals surface area contributed by atoms with Crippen LogP contribution in [0, 0.1) is 0 Å². The molecule has 0 radical (unpaired) electrons. The number of nitrogens with one attached hydrogen (secondary N) is 1. The molecule has 0 amide bonds. The first kappa shape index (κ1) is 28.8. The maximum absolute atomic E-state index is 13.2. The van der Waals surface area contributed by atoms with Crippen LogP contribution in [0.3, 0.4) is 0 Å². The smallest absolute Gasteiger partial charge is 0.460 e. The summed E-state index contributed by atoms with van der Waals surface area (Å²) < 4.78 is 70.1. The highest BCUT2D eigenvalue weighted by Gasteiger charge is 2.46. The fourth-order valence-electron chi connectivity index (χ4n) is 3.99. The molecule has 1 aromatic heterocycles. The number of ether oxygens (including phenoxy) is 1. The lowest BCUT2D eigenvalue weighted by Crippen LogP contribution is -2.43. The standard InChI is InChI=1S/C22H29F3N6O4S2/c1-5-7-10-35-20(32)19-27-29-21(36-19)28-26-16-11-14-8-9-15(6-2)31(13(3)4)18(14)12-17(16)30-37(33,34)22(23,24)25/h11-13,15,30H,5-10H2,1-4H3. The van der Waals surface area contributed by atoms with E-state index in [0.717, 1.165) is 36.2 Å². The Bertz CT molecular complexity index is 1250. The Hall–Kier alpha value is -2.81. The number of sulfonamides is 1. The summed E-state index contributed by atoms with van der Waals surface area (Å²) in [4.78, 5) is 14.1. The van der Waals surface area contributed by atoms with Crippen molar-refractivity contribution in [2.45, 2.75) is 77.4 Å². The fraction of sp³-hybridized carbons (Fsp3) is 0.591. The molecule has 15 heteroatoms. The van der Waals surface area contributed by atoms with Crippen LogP contribution in [0.15, 0.2) is 22.4 Å². The Morgan fingerprint density at radius 3 is 2.62 bits per heavy atom. The molecular formula is C22H29F3N6O4S2. The fourth-order valence-corrected chi connectivity index (χ4v) is 5.12. The van der Waals surface area contributed by atoms with E-state index >= 15 is 0 Å². The Balaban J connectivity index is 1.99. The van der Waals surface area contributed by atoms with Crippen LogP contribution in [-0.2, 0) is 21.2 Å². The molecule has 3 rings (SSSR count). The van der Waals surface area contributed by atoms with E-state index < -0.39 is 21.5 Å². The van der Waals surface area contributed by atoms with Crippen molar-refractivity contribution in [1.82, 2.24) is 10.2 Å². The molecule has 0 saturated heterocycles. The van der Waals surface area contributed by atoms with Gasteiger partial charge in [0.25, 0.3) is 5.13 Å². The molecule has 0 fully saturated rings. The van der Waals surface area contributed by atoms with Crippen molar-refractivity contribution in [1.29, 1.82) is 0 Å². The van der Waals surface area contributed by atoms with Crippen LogP contribution in [0.5, 0.6) is 0 Å². The van der Waals surface area contributed by atoms with Crippen LogP contribution in [0.25, 0.3) is 0 Å². The summed E-state index contributed by atoms with van der Waals surface area (Å²) >= 11 is 0.794. The summed E-state index contributed by atoms with van der Waals surface area (Å²) in [6.45, 7) is 8.13. The Labute approximate surface area is 217 Å². The number of unbranched alkanes of at least 4 members (excludes halogenated alkanes) is 1. The molecule has 37 heavy (non-hydrogen) atoms. The third-order valence-corrected chi connectivity index (χ3v) is 7.64. The van der Waals surface area contributed by atoms with Gasteiger partial charge in [0, 0.05) is 17.8 Å². The van der Waals surface area contributed by atoms with Gasteiger partial charge in [-0.2, -0.15) is 21.6 Å². The molecule has 1 atom stereocenters. The van der Waals surface area contributed by atoms with Gasteiger partial charge in [-0.15, -0.1) is 20.4 Å². The van der Waals surface area contributed by atoms with Crippen molar-refractivity contribution in [2.75, 3.05) is 16.2 Å². The summed E-state index contributed by atoms with van der Waals surface area (Å²) in [7, 11) is -5.71. The summed E-state index contributed by atoms with van der Waals surface area (Å²) in [6, 6.07) is 3.07. The van der Waals surface area contributed by atoms with Crippen LogP contribution >= 0.6 is 11.3 Å². The van der Waals surface area contributed by atoms with E-state index in [1.165, 1.54) is 12.1 Å². The molecule has 1 aromatic carbocycles. The van der Waals surface area contributed by atoms with E-state index in [0.29, 0.717) is 18.5 Å². The molecule has 0 spiro atoms. The minimum Gasteiger partial charge on any atom is -0.460 e. The minimum absolute atomic E-state index is 0.0282. The van der Waals surface area contributed by atoms with Crippen molar-refractivity contribution in [3.8, 4) is 0 Å². The number of hydrogen-bond donors (Lipinski definition) is 1. The van der Waals surface area contributed by atoms with Crippen molar-refractivity contribution in [2.24, 2.45) is 10.2 Å². The predicted molar refractivity (Wildman–Crippen MR) is 134 cm³/mol. The summed E-state index contributed by atoms with van der Waals surface area (Å²) in [6.07, 6.45) is 3.82. The summed E-state index contributed by atoms with van der Waals surface area (Å²) in [5.74, 6) is -0.668. The van der Waals surface area contributed by atoms with Crippen molar-refractivity contribution in [3.63, 3.8) is 0 Å². The van der Waals surface area contributed by atoms with Crippen molar-refractivity contribution >= 4 is 49.5 Å². The van der Waals surface area contributed by atoms with Gasteiger partial charge in [0.1, 0.15) is 5.69 Å². The number of rotatable bonds is 10. The first-order valence-electron chi connectivity index (χ1n) is 11.8. The van der Waals surface area contributed by atoms with Gasteiger partial charge in [0.2, 0.25) is 5.01 Å². The lowest BCUT2D eigenvalue weighted by Gasteiger charge is -2.42. The van der Waals surface area contributed by atoms with Crippen LogP contribution in [0.4, 0.5) is 35.4 Å². The number of benzene rings is 1. The highest BCUT2D eigenvalue weighted by molar-refractivity contribution is 7.93. The van der Waals surface area contributed by atoms with E-state index in [1.54, 1.807) is 4.72 Å². The third-order valence-electron chi connectivity index (χ3n) is 5.76. The van der Waals surface area contributed by atoms with Gasteiger partial charge >= 0.3 is 21.5 Å². The normalized spacial score (nSPS) is 16.3. The highest BCUT2D eigenvalue weighted by Crippen LogP contribution is 2.42. The quantitative estimate of drug-likeness (QED) is 0.210. The van der Waals surface area contributed by atoms with Gasteiger partial charge in [-0.3, -0.25) is 4.72 Å². The molecule has 1 aliphatic heterocycles. The van der Waals surface area contributed by atoms with Crippen LogP contribution in [-0.4, -0.2) is 48.8 Å². The van der Waals surface area contributed by atoms with E-state index in [1.807, 2.05) is 27.7 Å². The number of aryl methyl sites for hydroxylation is 1. The van der Waals surface area contributed by atoms with E-state index in [-0.39, 0.29) is 40.2 Å². The first-order valence-corrected chi connectivity index (χ1v) is 14.1. The predicted octanol–water partition coefficient (Wildman–Crippen LogP) is 6.11. The number of hydrogen-bond acceptors (Lipinski definition) is 10. The van der Waals surface area contributed by atoms with Gasteiger partial charge in [-0.1, -0.05) is 31.6 Å². The SMILES string of the molecule is CCCCOC(=O)c1nnc(N=Nc2cc3c(cc2NS(=O)(=O)C(F)(F)F)N(C(C)C)C(CC)CC3)s1. The summed E-state index contributed by atoms with van der Waals surface area (Å²) in [5.41, 5.74) is -4.56. The average molecular weight is 563 g/mol. The molecular weight excluding hydrogens is 533 g/mol. The molecule has 1 aliphatic rings. The topological polar surface area (TPSA) is 126 Å². The van der Waals surface area contributed by atoms with Gasteiger partial charge in [-0.25, -0.2) is 4.79 Å². The van der Waals surface area contributed by atoms with Gasteiger partial charge < -0.3 is 9.64 Å². The number of aromatic nitrogens is 2. The van der Waals surface area contributed by atoms with Crippen LogP contribution in [0.1, 0.15) is 68.7 Å². The number of alkyl halides is 3. The highest BCUT2D eigenvalue weighted by atomic mass is 32.2. The Kier molecular flexibility index (Phi) is 9.10. The number of nitrogens with zero attached hydrogens (tertiary/aromatic N) is 5. The zero-order valence-corrected chi connectivity index (χ0v) is 22.5. The number of esters is 1. The molecule has 0 bridgehead atoms. The maximum Gasteiger partial charge on any atom is 0.516 e. The van der Waals surface area contributed by atoms with Crippen molar-refractivity contribution < 1.29 is 31.1 Å². The molecule has 1 N–H and O–H groups in total. The number of fused-ring (bicyclic) bond motifs is 1. The Morgan fingerprint density at radius 2 is 2.00 bits per heavy atom. The molecule has 10 nitrogen and oxygen atoms in total. The van der Waals surface area contributed by atoms with Gasteiger partial charge in [-0.05, 0) is 57.2 Å². The zero-order chi connectivity index (χ0) is 27.4. The largest absolute Gasteiger partial charge is 0.516 e. The number of carbonyl (C=O) groups is 1. The number of anilines is 2. The number of halogens is 3. The summed E-state index contributed by atoms with van der Waals surface area (Å²) in [5, 5.41) is 15.2. The first-order chi connectivity index (χ1) is 17.4. The molecule has 2 aromatic rings. The average Bonchev–Trinajstić information content (AvgIpc) is 3.30. The molecule has 204 valence electrons. The Morgan fingerprint density at radius 1 is 1.27 bits per heavy atom. The lowest BCUT2D eigenvalue weighted by molar-refractivity contribution is -0.0429. The minimum atomic E-state index is -5.71. The monoisotopic (exact) mass is 562 g/mol. The van der Waals surface area contributed by atoms with Crippen LogP contribution < -0.4 is 9.62 Å². The van der Waals surface area contributed by atoms with E-state index in [2.05, 4.69) is 25.3 Å². The third kappa shape index (κ3) is 6.74. The van der Waals surface area contributed by atoms with Crippen molar-refractivity contribution in [3.05, 3.63) is 22.7 Å². The second kappa shape index (κ2) is 11.7. The maximum atomic E-state index is 13.2. The lowest BCUT2D eigenvalue weighted by atomic mass is 9.92. The van der Waals surface area contributed by atoms with Crippen LogP contribution in [0.2, 0.25) is 0 Å². The second-order valence-electron chi connectivity index (χ2n) is 8.73. The molecule has 2 heterocycles. The molecule has 0 aliphatic carbocycles. The van der Waals surface area contributed by atoms with Gasteiger partial charge in [0.05, 0.1) is 12.3 Å². The second-order valence-corrected chi connectivity index (χ2v) is 11.4. The number of azo groups is 1. The zero-order valence-electron chi connectivity index (χ0n) is 20.9. The number of carbonyl (C=O) groups excluding carboxylic acids is 1. The van der Waals surface area contributed by atoms with E-state index in [4.69, 9.17) is 4.74 Å². The molecule has 0 saturated carbocycles.